The predicted molar refractivity (Wildman–Crippen MR) is 79.2 cm³/mol. The Bertz CT molecular complexity index is 562. The van der Waals surface area contributed by atoms with E-state index in [1.807, 2.05) is 13.0 Å². The lowest BCUT2D eigenvalue weighted by Gasteiger charge is -2.26. The average Bonchev–Trinajstić information content (AvgIpc) is 2.47. The number of ether oxygens (including phenoxy) is 1. The van der Waals surface area contributed by atoms with Crippen LogP contribution in [-0.2, 0) is 9.59 Å². The number of carbonyl (C=O) groups excluding carboxylic acids is 1. The van der Waals surface area contributed by atoms with Gasteiger partial charge in [-0.3, -0.25) is 9.59 Å². The molecule has 112 valence electrons. The highest BCUT2D eigenvalue weighted by Gasteiger charge is 2.35. The summed E-state index contributed by atoms with van der Waals surface area (Å²) in [4.78, 5) is 23.6. The average molecular weight is 289 g/mol. The Balaban J connectivity index is 2.09. The molecule has 1 aliphatic carbocycles. The van der Waals surface area contributed by atoms with Crippen molar-refractivity contribution in [3.8, 4) is 5.75 Å². The van der Waals surface area contributed by atoms with Gasteiger partial charge >= 0.3 is 5.97 Å². The largest absolute Gasteiger partial charge is 0.497 e. The van der Waals surface area contributed by atoms with Gasteiger partial charge in [0, 0.05) is 5.69 Å². The number of carboxylic acid groups (broad SMARTS) is 1. The van der Waals surface area contributed by atoms with Crippen LogP contribution >= 0.6 is 0 Å². The van der Waals surface area contributed by atoms with E-state index in [2.05, 4.69) is 5.32 Å². The molecule has 2 atom stereocenters. The fourth-order valence-corrected chi connectivity index (χ4v) is 2.52. The first-order chi connectivity index (χ1) is 10.0. The van der Waals surface area contributed by atoms with Gasteiger partial charge in [0.15, 0.2) is 0 Å². The predicted octanol–water partition coefficient (Wildman–Crippen LogP) is 2.69. The van der Waals surface area contributed by atoms with Gasteiger partial charge in [-0.15, -0.1) is 0 Å². The second-order valence-corrected chi connectivity index (χ2v) is 5.26. The standard InChI is InChI=1S/C16H19NO4/c1-10-3-8-13(14(9-10)16(19)20)15(18)17-11-4-6-12(21-2)7-5-11/h3-7,13-14H,8-9H2,1-2H3,(H,17,18)(H,19,20). The van der Waals surface area contributed by atoms with Gasteiger partial charge in [0.05, 0.1) is 18.9 Å². The first-order valence-electron chi connectivity index (χ1n) is 6.84. The van der Waals surface area contributed by atoms with E-state index >= 15 is 0 Å². The van der Waals surface area contributed by atoms with Gasteiger partial charge < -0.3 is 15.2 Å². The van der Waals surface area contributed by atoms with Crippen LogP contribution in [0.25, 0.3) is 0 Å². The summed E-state index contributed by atoms with van der Waals surface area (Å²) < 4.78 is 5.05. The third-order valence-electron chi connectivity index (χ3n) is 3.76. The van der Waals surface area contributed by atoms with Crippen molar-refractivity contribution in [2.75, 3.05) is 12.4 Å². The highest BCUT2D eigenvalue weighted by atomic mass is 16.5. The number of hydrogen-bond donors (Lipinski definition) is 2. The van der Waals surface area contributed by atoms with Crippen molar-refractivity contribution in [1.29, 1.82) is 0 Å². The maximum atomic E-state index is 12.3. The fourth-order valence-electron chi connectivity index (χ4n) is 2.52. The number of hydrogen-bond acceptors (Lipinski definition) is 3. The number of anilines is 1. The van der Waals surface area contributed by atoms with Gasteiger partial charge in [0.25, 0.3) is 0 Å². The van der Waals surface area contributed by atoms with Gasteiger partial charge in [-0.05, 0) is 44.0 Å². The SMILES string of the molecule is COc1ccc(NC(=O)C2CC=C(C)CC2C(=O)O)cc1. The van der Waals surface area contributed by atoms with Gasteiger partial charge in [-0.25, -0.2) is 0 Å². The van der Waals surface area contributed by atoms with E-state index in [1.54, 1.807) is 31.4 Å². The van der Waals surface area contributed by atoms with E-state index in [0.717, 1.165) is 5.57 Å². The Hall–Kier alpha value is -2.30. The number of rotatable bonds is 4. The lowest BCUT2D eigenvalue weighted by molar-refractivity contribution is -0.146. The second-order valence-electron chi connectivity index (χ2n) is 5.26. The normalized spacial score (nSPS) is 21.3. The van der Waals surface area contributed by atoms with Crippen molar-refractivity contribution in [2.45, 2.75) is 19.8 Å². The summed E-state index contributed by atoms with van der Waals surface area (Å²) in [6, 6.07) is 6.96. The molecule has 1 amide bonds. The van der Waals surface area contributed by atoms with Crippen LogP contribution in [0.5, 0.6) is 5.75 Å². The summed E-state index contributed by atoms with van der Waals surface area (Å²) in [7, 11) is 1.57. The zero-order valence-electron chi connectivity index (χ0n) is 12.1. The van der Waals surface area contributed by atoms with E-state index in [0.29, 0.717) is 24.3 Å². The van der Waals surface area contributed by atoms with Crippen LogP contribution in [0.4, 0.5) is 5.69 Å². The van der Waals surface area contributed by atoms with E-state index in [4.69, 9.17) is 4.74 Å². The molecule has 0 fully saturated rings. The molecule has 0 radical (unpaired) electrons. The Labute approximate surface area is 123 Å². The lowest BCUT2D eigenvalue weighted by Crippen LogP contribution is -2.35. The molecule has 1 aromatic carbocycles. The minimum atomic E-state index is -0.919. The minimum Gasteiger partial charge on any atom is -0.497 e. The number of methoxy groups -OCH3 is 1. The molecule has 2 N–H and O–H groups in total. The molecule has 0 saturated carbocycles. The van der Waals surface area contributed by atoms with E-state index in [-0.39, 0.29) is 5.91 Å². The zero-order valence-corrected chi connectivity index (χ0v) is 12.1. The third-order valence-corrected chi connectivity index (χ3v) is 3.76. The summed E-state index contributed by atoms with van der Waals surface area (Å²) >= 11 is 0. The summed E-state index contributed by atoms with van der Waals surface area (Å²) in [5.74, 6) is -1.66. The van der Waals surface area contributed by atoms with E-state index < -0.39 is 17.8 Å². The molecule has 1 aliphatic rings. The molecule has 0 heterocycles. The first kappa shape index (κ1) is 15.1. The molecule has 2 rings (SSSR count). The molecule has 0 saturated heterocycles. The van der Waals surface area contributed by atoms with Crippen molar-refractivity contribution >= 4 is 17.6 Å². The maximum absolute atomic E-state index is 12.3. The number of allylic oxidation sites excluding steroid dienone is 2. The van der Waals surface area contributed by atoms with Crippen molar-refractivity contribution in [2.24, 2.45) is 11.8 Å². The third kappa shape index (κ3) is 3.62. The smallest absolute Gasteiger partial charge is 0.307 e. The summed E-state index contributed by atoms with van der Waals surface area (Å²) in [5.41, 5.74) is 1.66. The molecule has 0 spiro atoms. The van der Waals surface area contributed by atoms with Gasteiger partial charge in [0.1, 0.15) is 5.75 Å². The highest BCUT2D eigenvalue weighted by molar-refractivity contribution is 5.95. The monoisotopic (exact) mass is 289 g/mol. The molecular formula is C16H19NO4. The van der Waals surface area contributed by atoms with Crippen LogP contribution in [0.15, 0.2) is 35.9 Å². The Morgan fingerprint density at radius 2 is 1.90 bits per heavy atom. The van der Waals surface area contributed by atoms with Crippen molar-refractivity contribution in [3.05, 3.63) is 35.9 Å². The fraction of sp³-hybridized carbons (Fsp3) is 0.375. The molecule has 5 nitrogen and oxygen atoms in total. The number of carbonyl (C=O) groups is 2. The van der Waals surface area contributed by atoms with E-state index in [9.17, 15) is 14.7 Å². The molecule has 21 heavy (non-hydrogen) atoms. The quantitative estimate of drug-likeness (QED) is 0.836. The van der Waals surface area contributed by atoms with Crippen LogP contribution in [0, 0.1) is 11.8 Å². The topological polar surface area (TPSA) is 75.6 Å². The number of aliphatic carboxylic acids is 1. The number of benzene rings is 1. The van der Waals surface area contributed by atoms with Crippen LogP contribution in [-0.4, -0.2) is 24.1 Å². The number of nitrogens with one attached hydrogen (secondary N) is 1. The maximum Gasteiger partial charge on any atom is 0.307 e. The Morgan fingerprint density at radius 3 is 2.48 bits per heavy atom. The lowest BCUT2D eigenvalue weighted by atomic mass is 9.79. The summed E-state index contributed by atoms with van der Waals surface area (Å²) in [6.07, 6.45) is 2.83. The van der Waals surface area contributed by atoms with Crippen LogP contribution in [0.3, 0.4) is 0 Å². The van der Waals surface area contributed by atoms with Crippen LogP contribution < -0.4 is 10.1 Å². The van der Waals surface area contributed by atoms with E-state index in [1.165, 1.54) is 0 Å². The molecule has 0 bridgehead atoms. The number of carboxylic acids is 1. The molecule has 0 aromatic heterocycles. The van der Waals surface area contributed by atoms with Gasteiger partial charge in [-0.1, -0.05) is 11.6 Å². The van der Waals surface area contributed by atoms with Crippen LogP contribution in [0.1, 0.15) is 19.8 Å². The Kier molecular flexibility index (Phi) is 4.62. The summed E-state index contributed by atoms with van der Waals surface area (Å²) in [6.45, 7) is 1.90. The number of amides is 1. The van der Waals surface area contributed by atoms with Crippen molar-refractivity contribution in [3.63, 3.8) is 0 Å². The Morgan fingerprint density at radius 1 is 1.24 bits per heavy atom. The van der Waals surface area contributed by atoms with Gasteiger partial charge in [0.2, 0.25) is 5.91 Å². The van der Waals surface area contributed by atoms with Crippen molar-refractivity contribution < 1.29 is 19.4 Å². The molecular weight excluding hydrogens is 270 g/mol. The van der Waals surface area contributed by atoms with Crippen molar-refractivity contribution in [1.82, 2.24) is 0 Å². The highest BCUT2D eigenvalue weighted by Crippen LogP contribution is 2.31. The zero-order chi connectivity index (χ0) is 15.4. The van der Waals surface area contributed by atoms with Gasteiger partial charge in [-0.2, -0.15) is 0 Å². The second kappa shape index (κ2) is 6.43. The molecule has 0 aliphatic heterocycles. The minimum absolute atomic E-state index is 0.253. The molecule has 1 aromatic rings. The molecule has 2 unspecified atom stereocenters. The van der Waals surface area contributed by atoms with Crippen LogP contribution in [0.2, 0.25) is 0 Å². The first-order valence-corrected chi connectivity index (χ1v) is 6.84. The molecule has 5 heteroatoms. The summed E-state index contributed by atoms with van der Waals surface area (Å²) in [5, 5.41) is 12.1.